The third-order valence-electron chi connectivity index (χ3n) is 8.03. The molecule has 2 saturated carbocycles. The summed E-state index contributed by atoms with van der Waals surface area (Å²) in [5.41, 5.74) is -1.87. The number of nitrogens with zero attached hydrogens (tertiary/aromatic N) is 4. The molecule has 2 heterocycles. The number of pyridine rings is 1. The lowest BCUT2D eigenvalue weighted by molar-refractivity contribution is -0.138. The van der Waals surface area contributed by atoms with Gasteiger partial charge in [-0.15, -0.1) is 0 Å². The van der Waals surface area contributed by atoms with Crippen molar-refractivity contribution in [3.63, 3.8) is 0 Å². The number of aromatic nitrogens is 1. The molecule has 0 bridgehead atoms. The van der Waals surface area contributed by atoms with Gasteiger partial charge in [0.1, 0.15) is 17.9 Å². The fraction of sp³-hybridized carbons (Fsp3) is 0.517. The summed E-state index contributed by atoms with van der Waals surface area (Å²) in [6.07, 6.45) is -3.08. The highest BCUT2D eigenvalue weighted by Crippen LogP contribution is 2.43. The Morgan fingerprint density at radius 1 is 1.16 bits per heavy atom. The van der Waals surface area contributed by atoms with E-state index < -0.39 is 77.6 Å². The Bertz CT molecular complexity index is 1400. The number of nitrogens with one attached hydrogen (secondary N) is 1. The van der Waals surface area contributed by atoms with E-state index in [0.29, 0.717) is 16.5 Å². The first-order chi connectivity index (χ1) is 20.4. The van der Waals surface area contributed by atoms with Gasteiger partial charge in [-0.25, -0.2) is 18.0 Å². The standard InChI is InChI=1S/C29H29F6N5O3/c30-23-13-18(17-1-2-17)3-4-24(23)40(27(42)39-11-12-43-16-20(39)14-36)25(21-15-37-10-7-22(21)29(33,34)35)26(41)38-19-5-8-28(31,32)9-6-19/h3-4,7,10,13,15,17,19-20,25H,1-2,5-6,8-9,11-12,16H2,(H,38,41)/t20-,25?/m0/s1. The van der Waals surface area contributed by atoms with Crippen molar-refractivity contribution in [1.29, 1.82) is 5.26 Å². The number of carbonyl (C=O) groups excluding carboxylic acids is 2. The van der Waals surface area contributed by atoms with E-state index in [0.717, 1.165) is 30.1 Å². The Balaban J connectivity index is 1.64. The fourth-order valence-corrected chi connectivity index (χ4v) is 5.56. The lowest BCUT2D eigenvalue weighted by atomic mass is 9.91. The number of morpholine rings is 1. The van der Waals surface area contributed by atoms with E-state index in [9.17, 15) is 36.8 Å². The Morgan fingerprint density at radius 3 is 2.51 bits per heavy atom. The van der Waals surface area contributed by atoms with Gasteiger partial charge in [0.25, 0.3) is 0 Å². The number of hydrogen-bond acceptors (Lipinski definition) is 5. The van der Waals surface area contributed by atoms with Gasteiger partial charge in [0, 0.05) is 43.4 Å². The summed E-state index contributed by atoms with van der Waals surface area (Å²) in [5, 5.41) is 12.2. The van der Waals surface area contributed by atoms with Crippen LogP contribution in [0.25, 0.3) is 0 Å². The smallest absolute Gasteiger partial charge is 0.376 e. The fourth-order valence-electron chi connectivity index (χ4n) is 5.56. The van der Waals surface area contributed by atoms with E-state index in [1.807, 2.05) is 6.07 Å². The van der Waals surface area contributed by atoms with E-state index in [1.54, 1.807) is 6.07 Å². The number of alkyl halides is 5. The van der Waals surface area contributed by atoms with Gasteiger partial charge in [-0.05, 0) is 55.4 Å². The summed E-state index contributed by atoms with van der Waals surface area (Å²) in [6, 6.07) is 1.28. The third-order valence-corrected chi connectivity index (χ3v) is 8.03. The number of rotatable bonds is 6. The van der Waals surface area contributed by atoms with Crippen LogP contribution in [0.4, 0.5) is 36.8 Å². The molecule has 230 valence electrons. The largest absolute Gasteiger partial charge is 0.416 e. The number of nitriles is 1. The number of halogens is 6. The second-order valence-electron chi connectivity index (χ2n) is 11.1. The molecule has 1 aliphatic heterocycles. The number of amides is 3. The number of benzene rings is 1. The highest BCUT2D eigenvalue weighted by molar-refractivity contribution is 6.01. The number of urea groups is 1. The molecular weight excluding hydrogens is 580 g/mol. The lowest BCUT2D eigenvalue weighted by Gasteiger charge is -2.40. The van der Waals surface area contributed by atoms with Crippen molar-refractivity contribution in [2.45, 2.75) is 74.7 Å². The van der Waals surface area contributed by atoms with Crippen LogP contribution < -0.4 is 10.2 Å². The van der Waals surface area contributed by atoms with Crippen LogP contribution in [0, 0.1) is 17.1 Å². The molecule has 5 rings (SSSR count). The van der Waals surface area contributed by atoms with Gasteiger partial charge in [0.05, 0.1) is 30.5 Å². The molecular formula is C29H29F6N5O3. The van der Waals surface area contributed by atoms with Gasteiger partial charge in [-0.1, -0.05) is 6.07 Å². The normalized spacial score (nSPS) is 21.5. The molecule has 3 fully saturated rings. The van der Waals surface area contributed by atoms with Crippen molar-refractivity contribution < 1.29 is 40.7 Å². The quantitative estimate of drug-likeness (QED) is 0.424. The molecule has 1 N–H and O–H groups in total. The van der Waals surface area contributed by atoms with Gasteiger partial charge < -0.3 is 15.0 Å². The first-order valence-electron chi connectivity index (χ1n) is 14.0. The third kappa shape index (κ3) is 6.71. The van der Waals surface area contributed by atoms with Crippen molar-refractivity contribution >= 4 is 17.6 Å². The summed E-state index contributed by atoms with van der Waals surface area (Å²) < 4.78 is 91.6. The van der Waals surface area contributed by atoms with Gasteiger partial charge in [0.15, 0.2) is 0 Å². The first kappa shape index (κ1) is 30.6. The van der Waals surface area contributed by atoms with Crippen LogP contribution in [0.2, 0.25) is 0 Å². The molecule has 3 amide bonds. The number of ether oxygens (including phenoxy) is 1. The Kier molecular flexibility index (Phi) is 8.56. The second kappa shape index (κ2) is 12.0. The minimum atomic E-state index is -5.00. The van der Waals surface area contributed by atoms with Crippen LogP contribution in [0.3, 0.4) is 0 Å². The number of hydrogen-bond donors (Lipinski definition) is 1. The maximum Gasteiger partial charge on any atom is 0.416 e. The Hall–Kier alpha value is -3.86. The summed E-state index contributed by atoms with van der Waals surface area (Å²) in [5.74, 6) is -4.92. The molecule has 1 aromatic carbocycles. The monoisotopic (exact) mass is 609 g/mol. The average Bonchev–Trinajstić information content (AvgIpc) is 3.82. The van der Waals surface area contributed by atoms with E-state index in [1.165, 1.54) is 12.1 Å². The molecule has 8 nitrogen and oxygen atoms in total. The molecule has 1 aromatic heterocycles. The molecule has 43 heavy (non-hydrogen) atoms. The zero-order valence-electron chi connectivity index (χ0n) is 22.9. The van der Waals surface area contributed by atoms with Gasteiger partial charge >= 0.3 is 12.2 Å². The van der Waals surface area contributed by atoms with Crippen molar-refractivity contribution in [3.8, 4) is 6.07 Å². The summed E-state index contributed by atoms with van der Waals surface area (Å²) in [7, 11) is 0. The summed E-state index contributed by atoms with van der Waals surface area (Å²) in [4.78, 5) is 33.6. The Labute approximate surface area is 243 Å². The molecule has 1 saturated heterocycles. The molecule has 3 aliphatic rings. The zero-order valence-corrected chi connectivity index (χ0v) is 22.9. The minimum absolute atomic E-state index is 0.00526. The summed E-state index contributed by atoms with van der Waals surface area (Å²) in [6.45, 7) is -0.359. The predicted molar refractivity (Wildman–Crippen MR) is 141 cm³/mol. The lowest BCUT2D eigenvalue weighted by Crippen LogP contribution is -2.57. The average molecular weight is 610 g/mol. The molecule has 2 aromatic rings. The van der Waals surface area contributed by atoms with Crippen molar-refractivity contribution in [2.75, 3.05) is 24.7 Å². The highest BCUT2D eigenvalue weighted by Gasteiger charge is 2.45. The minimum Gasteiger partial charge on any atom is -0.376 e. The van der Waals surface area contributed by atoms with Crippen molar-refractivity contribution in [1.82, 2.24) is 15.2 Å². The van der Waals surface area contributed by atoms with E-state index >= 15 is 4.39 Å². The topological polar surface area (TPSA) is 98.6 Å². The SMILES string of the molecule is N#C[C@H]1COCCN1C(=O)N(c1ccc(C2CC2)cc1F)C(C(=O)NC1CCC(F)(F)CC1)c1cnccc1C(F)(F)F. The van der Waals surface area contributed by atoms with Crippen molar-refractivity contribution in [2.24, 2.45) is 0 Å². The van der Waals surface area contributed by atoms with E-state index in [-0.39, 0.29) is 38.5 Å². The van der Waals surface area contributed by atoms with Gasteiger partial charge in [0.2, 0.25) is 11.8 Å². The Morgan fingerprint density at radius 2 is 1.88 bits per heavy atom. The van der Waals surface area contributed by atoms with E-state index in [2.05, 4.69) is 10.3 Å². The van der Waals surface area contributed by atoms with E-state index in [4.69, 9.17) is 4.74 Å². The maximum atomic E-state index is 15.9. The van der Waals surface area contributed by atoms with Crippen LogP contribution in [0.15, 0.2) is 36.7 Å². The zero-order chi connectivity index (χ0) is 30.9. The van der Waals surface area contributed by atoms with Crippen LogP contribution in [0.1, 0.15) is 67.2 Å². The maximum absolute atomic E-state index is 15.9. The highest BCUT2D eigenvalue weighted by atomic mass is 19.4. The molecule has 2 aliphatic carbocycles. The van der Waals surface area contributed by atoms with Crippen LogP contribution >= 0.6 is 0 Å². The van der Waals surface area contributed by atoms with Crippen LogP contribution in [-0.4, -0.2) is 59.6 Å². The molecule has 2 atom stereocenters. The van der Waals surface area contributed by atoms with Crippen LogP contribution in [-0.2, 0) is 15.7 Å². The summed E-state index contributed by atoms with van der Waals surface area (Å²) >= 11 is 0. The molecule has 14 heteroatoms. The molecule has 0 spiro atoms. The molecule has 1 unspecified atom stereocenters. The predicted octanol–water partition coefficient (Wildman–Crippen LogP) is 5.70. The van der Waals surface area contributed by atoms with Gasteiger partial charge in [-0.2, -0.15) is 18.4 Å². The van der Waals surface area contributed by atoms with Crippen molar-refractivity contribution in [3.05, 3.63) is 59.2 Å². The number of anilines is 1. The second-order valence-corrected chi connectivity index (χ2v) is 11.1. The van der Waals surface area contributed by atoms with Crippen LogP contribution in [0.5, 0.6) is 0 Å². The first-order valence-corrected chi connectivity index (χ1v) is 14.0. The number of carbonyl (C=O) groups is 2. The van der Waals surface area contributed by atoms with Gasteiger partial charge in [-0.3, -0.25) is 14.7 Å². The molecule has 0 radical (unpaired) electrons.